The molecule has 0 atom stereocenters. The quantitative estimate of drug-likeness (QED) is 0.273. The fourth-order valence-corrected chi connectivity index (χ4v) is 6.11. The van der Waals surface area contributed by atoms with Crippen molar-refractivity contribution in [3.8, 4) is 11.5 Å². The summed E-state index contributed by atoms with van der Waals surface area (Å²) in [6, 6.07) is 14.0. The lowest BCUT2D eigenvalue weighted by atomic mass is 10.1. The predicted molar refractivity (Wildman–Crippen MR) is 141 cm³/mol. The number of rotatable bonds is 11. The molecule has 188 valence electrons. The van der Waals surface area contributed by atoms with Crippen LogP contribution in [0.15, 0.2) is 53.4 Å². The average Bonchev–Trinajstić information content (AvgIpc) is 3.30. The summed E-state index contributed by atoms with van der Waals surface area (Å²) in [6.07, 6.45) is 1.64. The van der Waals surface area contributed by atoms with Crippen LogP contribution in [0.25, 0.3) is 10.8 Å². The normalized spacial score (nSPS) is 13.3. The Morgan fingerprint density at radius 3 is 2.26 bits per heavy atom. The highest BCUT2D eigenvalue weighted by molar-refractivity contribution is 7.89. The van der Waals surface area contributed by atoms with E-state index in [4.69, 9.17) is 32.7 Å². The second-order valence-corrected chi connectivity index (χ2v) is 11.3. The molecule has 35 heavy (non-hydrogen) atoms. The zero-order valence-electron chi connectivity index (χ0n) is 20.0. The third-order valence-electron chi connectivity index (χ3n) is 6.33. The van der Waals surface area contributed by atoms with E-state index in [0.29, 0.717) is 33.7 Å². The molecule has 0 spiro atoms. The lowest BCUT2D eigenvalue weighted by molar-refractivity contribution is 0.174. The van der Waals surface area contributed by atoms with Crippen LogP contribution < -0.4 is 9.47 Å². The van der Waals surface area contributed by atoms with Gasteiger partial charge >= 0.3 is 0 Å². The Morgan fingerprint density at radius 1 is 0.857 bits per heavy atom. The van der Waals surface area contributed by atoms with Crippen molar-refractivity contribution in [2.75, 3.05) is 33.0 Å². The highest BCUT2D eigenvalue weighted by Crippen LogP contribution is 2.38. The number of unbranched alkanes of at least 4 members (excludes halogenated alkanes) is 1. The Kier molecular flexibility index (Phi) is 8.45. The van der Waals surface area contributed by atoms with Gasteiger partial charge in [-0.2, -0.15) is 4.31 Å². The van der Waals surface area contributed by atoms with E-state index >= 15 is 0 Å². The van der Waals surface area contributed by atoms with Crippen LogP contribution in [-0.2, 0) is 16.6 Å². The zero-order chi connectivity index (χ0) is 25.0. The highest BCUT2D eigenvalue weighted by Gasteiger charge is 2.27. The first-order chi connectivity index (χ1) is 16.8. The fraction of sp³-hybridized carbons (Fsp3) is 0.385. The molecule has 9 heteroatoms. The number of fused-ring (bicyclic) bond motifs is 2. The molecule has 0 unspecified atom stereocenters. The van der Waals surface area contributed by atoms with Gasteiger partial charge in [0.05, 0.1) is 4.90 Å². The Morgan fingerprint density at radius 2 is 1.51 bits per heavy atom. The van der Waals surface area contributed by atoms with Gasteiger partial charge in [0.15, 0.2) is 11.5 Å². The molecule has 3 aromatic rings. The second-order valence-electron chi connectivity index (χ2n) is 8.52. The number of halogens is 2. The van der Waals surface area contributed by atoms with Crippen molar-refractivity contribution in [2.24, 2.45) is 0 Å². The van der Waals surface area contributed by atoms with E-state index < -0.39 is 10.0 Å². The first kappa shape index (κ1) is 26.0. The maximum absolute atomic E-state index is 13.8. The third-order valence-corrected chi connectivity index (χ3v) is 8.75. The Bertz CT molecular complexity index is 1300. The Balaban J connectivity index is 1.61. The van der Waals surface area contributed by atoms with Crippen LogP contribution in [0.2, 0.25) is 10.0 Å². The van der Waals surface area contributed by atoms with Gasteiger partial charge in [0.1, 0.15) is 0 Å². The molecule has 0 radical (unpaired) electrons. The smallest absolute Gasteiger partial charge is 0.243 e. The van der Waals surface area contributed by atoms with Crippen molar-refractivity contribution in [3.63, 3.8) is 0 Å². The van der Waals surface area contributed by atoms with Gasteiger partial charge in [-0.25, -0.2) is 8.42 Å². The zero-order valence-corrected chi connectivity index (χ0v) is 22.3. The molecule has 0 saturated heterocycles. The maximum Gasteiger partial charge on any atom is 0.243 e. The summed E-state index contributed by atoms with van der Waals surface area (Å²) < 4.78 is 40.0. The van der Waals surface area contributed by atoms with Gasteiger partial charge < -0.3 is 14.4 Å². The van der Waals surface area contributed by atoms with Crippen molar-refractivity contribution < 1.29 is 17.9 Å². The molecular formula is C26H30Cl2N2O4S. The number of ether oxygens (including phenoxy) is 2. The molecule has 1 aliphatic rings. The number of nitrogens with zero attached hydrogens (tertiary/aromatic N) is 2. The number of benzene rings is 3. The molecule has 0 fully saturated rings. The molecule has 0 amide bonds. The van der Waals surface area contributed by atoms with Crippen LogP contribution in [0.3, 0.4) is 0 Å². The third kappa shape index (κ3) is 6.04. The van der Waals surface area contributed by atoms with Crippen LogP contribution in [0.4, 0.5) is 0 Å². The summed E-state index contributed by atoms with van der Waals surface area (Å²) in [4.78, 5) is 2.58. The van der Waals surface area contributed by atoms with Gasteiger partial charge in [-0.1, -0.05) is 49.2 Å². The molecule has 4 rings (SSSR count). The van der Waals surface area contributed by atoms with Gasteiger partial charge in [0.2, 0.25) is 16.8 Å². The van der Waals surface area contributed by atoms with Crippen molar-refractivity contribution in [1.29, 1.82) is 0 Å². The Hall–Kier alpha value is -2.03. The van der Waals surface area contributed by atoms with E-state index in [0.717, 1.165) is 43.2 Å². The standard InChI is InChI=1S/C26H30Cl2N2O4S/c1-3-29(4-2)11-5-6-12-30(17-21-15-25-26(16-24(21)28)34-18-33-25)35(31,32)23-10-8-19-13-22(27)9-7-20(19)14-23/h7-10,13-16H,3-6,11-12,17-18H2,1-2H3. The first-order valence-electron chi connectivity index (χ1n) is 11.8. The topological polar surface area (TPSA) is 59.1 Å². The Labute approximate surface area is 217 Å². The monoisotopic (exact) mass is 536 g/mol. The fourth-order valence-electron chi connectivity index (χ4n) is 4.22. The molecule has 3 aromatic carbocycles. The molecular weight excluding hydrogens is 507 g/mol. The highest BCUT2D eigenvalue weighted by atomic mass is 35.5. The average molecular weight is 538 g/mol. The van der Waals surface area contributed by atoms with Crippen molar-refractivity contribution in [1.82, 2.24) is 9.21 Å². The molecule has 0 N–H and O–H groups in total. The summed E-state index contributed by atoms with van der Waals surface area (Å²) >= 11 is 12.6. The minimum atomic E-state index is -3.79. The second kappa shape index (κ2) is 11.4. The van der Waals surface area contributed by atoms with Gasteiger partial charge in [-0.3, -0.25) is 0 Å². The maximum atomic E-state index is 13.8. The van der Waals surface area contributed by atoms with Crippen LogP contribution in [0.1, 0.15) is 32.3 Å². The summed E-state index contributed by atoms with van der Waals surface area (Å²) in [5.74, 6) is 1.14. The lowest BCUT2D eigenvalue weighted by Gasteiger charge is -2.24. The van der Waals surface area contributed by atoms with Crippen molar-refractivity contribution in [2.45, 2.75) is 38.1 Å². The first-order valence-corrected chi connectivity index (χ1v) is 14.0. The molecule has 0 bridgehead atoms. The van der Waals surface area contributed by atoms with Crippen LogP contribution >= 0.6 is 23.2 Å². The number of sulfonamides is 1. The summed E-state index contributed by atoms with van der Waals surface area (Å²) in [6.45, 7) is 7.81. The van der Waals surface area contributed by atoms with Gasteiger partial charge in [-0.05, 0) is 79.1 Å². The van der Waals surface area contributed by atoms with Crippen LogP contribution in [-0.4, -0.2) is 50.6 Å². The van der Waals surface area contributed by atoms with Gasteiger partial charge in [0.25, 0.3) is 0 Å². The molecule has 0 aromatic heterocycles. The summed E-state index contributed by atoms with van der Waals surface area (Å²) in [5.41, 5.74) is 0.677. The largest absolute Gasteiger partial charge is 0.454 e. The van der Waals surface area contributed by atoms with E-state index in [1.807, 2.05) is 12.1 Å². The minimum absolute atomic E-state index is 0.129. The number of hydrogen-bond donors (Lipinski definition) is 0. The van der Waals surface area contributed by atoms with Crippen LogP contribution in [0.5, 0.6) is 11.5 Å². The number of hydrogen-bond acceptors (Lipinski definition) is 5. The summed E-state index contributed by atoms with van der Waals surface area (Å²) in [5, 5.41) is 2.77. The molecule has 1 aliphatic heterocycles. The predicted octanol–water partition coefficient (Wildman–Crippen LogP) is 6.19. The lowest BCUT2D eigenvalue weighted by Crippen LogP contribution is -2.32. The van der Waals surface area contributed by atoms with Crippen molar-refractivity contribution in [3.05, 3.63) is 64.1 Å². The van der Waals surface area contributed by atoms with Gasteiger partial charge in [0, 0.05) is 29.2 Å². The van der Waals surface area contributed by atoms with E-state index in [2.05, 4.69) is 18.7 Å². The van der Waals surface area contributed by atoms with Gasteiger partial charge in [-0.15, -0.1) is 0 Å². The van der Waals surface area contributed by atoms with E-state index in [-0.39, 0.29) is 18.2 Å². The van der Waals surface area contributed by atoms with E-state index in [1.54, 1.807) is 36.4 Å². The molecule has 0 saturated carbocycles. The van der Waals surface area contributed by atoms with E-state index in [1.165, 1.54) is 4.31 Å². The minimum Gasteiger partial charge on any atom is -0.454 e. The van der Waals surface area contributed by atoms with Crippen molar-refractivity contribution >= 4 is 44.0 Å². The molecule has 0 aliphatic carbocycles. The summed E-state index contributed by atoms with van der Waals surface area (Å²) in [7, 11) is -3.79. The SMILES string of the molecule is CCN(CC)CCCCN(Cc1cc2c(cc1Cl)OCO2)S(=O)(=O)c1ccc2cc(Cl)ccc2c1. The van der Waals surface area contributed by atoms with E-state index in [9.17, 15) is 8.42 Å². The molecule has 6 nitrogen and oxygen atoms in total. The van der Waals surface area contributed by atoms with Crippen LogP contribution in [0, 0.1) is 0 Å². The molecule has 1 heterocycles.